The third-order valence-electron chi connectivity index (χ3n) is 13.4. The van der Waals surface area contributed by atoms with E-state index in [1.54, 1.807) is 0 Å². The van der Waals surface area contributed by atoms with Crippen LogP contribution in [0.2, 0.25) is 0 Å². The van der Waals surface area contributed by atoms with E-state index in [-0.39, 0.29) is 6.42 Å². The molecule has 0 aromatic heterocycles. The molecule has 0 aliphatic carbocycles. The Morgan fingerprint density at radius 2 is 0.955 bits per heavy atom. The van der Waals surface area contributed by atoms with Crippen molar-refractivity contribution in [2.24, 2.45) is 0 Å². The number of carbonyl (C=O) groups excluding carboxylic acids is 1. The van der Waals surface area contributed by atoms with Gasteiger partial charge in [0.2, 0.25) is 5.91 Å². The van der Waals surface area contributed by atoms with Gasteiger partial charge in [-0.1, -0.05) is 231 Å². The zero-order chi connectivity index (χ0) is 49.2. The Kier molecular flexibility index (Phi) is 41.5. The van der Waals surface area contributed by atoms with Gasteiger partial charge in [0.1, 0.15) is 30.5 Å². The zero-order valence-electron chi connectivity index (χ0n) is 42.6. The number of allylic oxidation sites excluding steroid dienone is 2. The maximum atomic E-state index is 13.2. The van der Waals surface area contributed by atoms with Crippen molar-refractivity contribution >= 4 is 16.3 Å². The maximum absolute atomic E-state index is 13.2. The summed E-state index contributed by atoms with van der Waals surface area (Å²) in [6.07, 6.45) is 38.1. The molecule has 0 bridgehead atoms. The Morgan fingerprint density at radius 1 is 0.582 bits per heavy atom. The van der Waals surface area contributed by atoms with Crippen LogP contribution < -0.4 is 5.32 Å². The van der Waals surface area contributed by atoms with Gasteiger partial charge >= 0.3 is 10.4 Å². The topological polar surface area (TPSA) is 212 Å². The van der Waals surface area contributed by atoms with Crippen molar-refractivity contribution < 1.29 is 57.0 Å². The lowest BCUT2D eigenvalue weighted by molar-refractivity contribution is -0.298. The average molecular weight is 978 g/mol. The number of carbonyl (C=O) groups is 1. The second-order valence-corrected chi connectivity index (χ2v) is 20.7. The monoisotopic (exact) mass is 978 g/mol. The van der Waals surface area contributed by atoms with Gasteiger partial charge < -0.3 is 40.3 Å². The minimum atomic E-state index is -5.11. The van der Waals surface area contributed by atoms with Gasteiger partial charge in [-0.15, -0.1) is 0 Å². The van der Waals surface area contributed by atoms with Crippen LogP contribution in [0.1, 0.15) is 258 Å². The maximum Gasteiger partial charge on any atom is 0.397 e. The number of nitrogens with one attached hydrogen (secondary N) is 1. The van der Waals surface area contributed by atoms with Gasteiger partial charge in [-0.3, -0.25) is 9.35 Å². The van der Waals surface area contributed by atoms with Gasteiger partial charge in [-0.25, -0.2) is 4.18 Å². The molecule has 1 aliphatic heterocycles. The van der Waals surface area contributed by atoms with Crippen molar-refractivity contribution in [3.05, 3.63) is 12.2 Å². The Labute approximate surface area is 409 Å². The number of ether oxygens (including phenoxy) is 2. The summed E-state index contributed by atoms with van der Waals surface area (Å²) in [5, 5.41) is 55.6. The largest absolute Gasteiger partial charge is 0.397 e. The number of rotatable bonds is 48. The lowest BCUT2D eigenvalue weighted by Crippen LogP contribution is -2.61. The molecule has 0 aromatic rings. The quantitative estimate of drug-likeness (QED) is 0.0172. The summed E-state index contributed by atoms with van der Waals surface area (Å²) in [6, 6.07) is -1.03. The van der Waals surface area contributed by atoms with E-state index in [1.807, 2.05) is 0 Å². The number of hydrogen-bond donors (Lipinski definition) is 7. The molecule has 1 aliphatic rings. The van der Waals surface area contributed by atoms with E-state index in [0.717, 1.165) is 57.8 Å². The molecule has 67 heavy (non-hydrogen) atoms. The van der Waals surface area contributed by atoms with Crippen molar-refractivity contribution in [1.29, 1.82) is 0 Å². The van der Waals surface area contributed by atoms with Crippen molar-refractivity contribution in [1.82, 2.24) is 5.32 Å². The highest BCUT2D eigenvalue weighted by atomic mass is 32.3. The molecule has 1 fully saturated rings. The summed E-state index contributed by atoms with van der Waals surface area (Å²) in [5.74, 6) is -0.670. The highest BCUT2D eigenvalue weighted by Gasteiger charge is 2.48. The molecule has 13 nitrogen and oxygen atoms in total. The van der Waals surface area contributed by atoms with E-state index >= 15 is 0 Å². The van der Waals surface area contributed by atoms with Crippen LogP contribution in [0.15, 0.2) is 12.2 Å². The third kappa shape index (κ3) is 35.5. The third-order valence-corrected chi connectivity index (χ3v) is 13.9. The molecule has 8 unspecified atom stereocenters. The molecule has 14 heteroatoms. The summed E-state index contributed by atoms with van der Waals surface area (Å²) in [6.45, 7) is 3.32. The van der Waals surface area contributed by atoms with Gasteiger partial charge in [0, 0.05) is 0 Å². The SMILES string of the molecule is CCCCCCCCCCC/C=C\CCCCCCCCC(O)C(=O)NC(COC1OC(CO)C(O)C(OS(=O)(=O)O)C1O)C(O)CCCCCCCCCCCCCCCCCCCCC. The van der Waals surface area contributed by atoms with Crippen LogP contribution in [0.25, 0.3) is 0 Å². The van der Waals surface area contributed by atoms with Crippen molar-refractivity contribution in [3.8, 4) is 0 Å². The van der Waals surface area contributed by atoms with Crippen molar-refractivity contribution in [2.45, 2.75) is 307 Å². The molecule has 0 saturated carbocycles. The molecular weight excluding hydrogens is 875 g/mol. The first kappa shape index (κ1) is 63.8. The molecule has 0 aromatic carbocycles. The first-order chi connectivity index (χ1) is 32.4. The van der Waals surface area contributed by atoms with E-state index in [0.29, 0.717) is 19.3 Å². The lowest BCUT2D eigenvalue weighted by Gasteiger charge is -2.41. The zero-order valence-corrected chi connectivity index (χ0v) is 43.4. The van der Waals surface area contributed by atoms with Crippen LogP contribution in [-0.2, 0) is 28.9 Å². The Bertz CT molecular complexity index is 1260. The highest BCUT2D eigenvalue weighted by Crippen LogP contribution is 2.26. The summed E-state index contributed by atoms with van der Waals surface area (Å²) in [4.78, 5) is 13.2. The second kappa shape index (κ2) is 43.6. The van der Waals surface area contributed by atoms with Crippen LogP contribution in [0.3, 0.4) is 0 Å². The van der Waals surface area contributed by atoms with Gasteiger partial charge in [-0.2, -0.15) is 8.42 Å². The Hall–Kier alpha value is -1.20. The molecule has 0 spiro atoms. The van der Waals surface area contributed by atoms with Gasteiger partial charge in [-0.05, 0) is 38.5 Å². The van der Waals surface area contributed by atoms with Gasteiger partial charge in [0.25, 0.3) is 0 Å². The normalized spacial score (nSPS) is 20.4. The van der Waals surface area contributed by atoms with E-state index in [4.69, 9.17) is 9.47 Å². The fourth-order valence-corrected chi connectivity index (χ4v) is 9.56. The number of unbranched alkanes of at least 4 members (excludes halogenated alkanes) is 33. The minimum absolute atomic E-state index is 0.256. The summed E-state index contributed by atoms with van der Waals surface area (Å²) >= 11 is 0. The van der Waals surface area contributed by atoms with E-state index in [1.165, 1.54) is 161 Å². The van der Waals surface area contributed by atoms with Crippen molar-refractivity contribution in [3.63, 3.8) is 0 Å². The minimum Gasteiger partial charge on any atom is -0.394 e. The predicted octanol–water partition coefficient (Wildman–Crippen LogP) is 11.3. The number of amides is 1. The molecule has 398 valence electrons. The second-order valence-electron chi connectivity index (χ2n) is 19.7. The molecule has 1 amide bonds. The van der Waals surface area contributed by atoms with E-state index in [9.17, 15) is 43.3 Å². The van der Waals surface area contributed by atoms with Crippen LogP contribution in [0.5, 0.6) is 0 Å². The standard InChI is InChI=1S/C53H103NO12S/c1-3-5-7-9-11-13-15-17-19-21-23-25-27-29-31-33-35-37-39-41-46(56)45(44-64-53-50(59)51(66-67(61,62)63)49(58)48(43-55)65-53)54-52(60)47(57)42-40-38-36-34-32-30-28-26-24-22-20-18-16-14-12-10-8-6-4-2/h24,26,45-51,53,55-59H,3-23,25,27-44H2,1-2H3,(H,54,60)(H,61,62,63)/b26-24-. The number of aliphatic hydroxyl groups excluding tert-OH is 5. The van der Waals surface area contributed by atoms with Gasteiger partial charge in [0.15, 0.2) is 6.29 Å². The molecule has 1 saturated heterocycles. The molecule has 1 heterocycles. The van der Waals surface area contributed by atoms with Gasteiger partial charge in [0.05, 0.1) is 25.4 Å². The number of aliphatic hydroxyl groups is 5. The molecular formula is C53H103NO12S. The smallest absolute Gasteiger partial charge is 0.394 e. The molecule has 1 rings (SSSR count). The van der Waals surface area contributed by atoms with E-state index < -0.39 is 78.5 Å². The molecule has 7 N–H and O–H groups in total. The fourth-order valence-electron chi connectivity index (χ4n) is 9.05. The first-order valence-electron chi connectivity index (χ1n) is 27.7. The van der Waals surface area contributed by atoms with Crippen LogP contribution >= 0.6 is 0 Å². The lowest BCUT2D eigenvalue weighted by atomic mass is 9.99. The Morgan fingerprint density at radius 3 is 1.34 bits per heavy atom. The molecule has 8 atom stereocenters. The van der Waals surface area contributed by atoms with Crippen molar-refractivity contribution in [2.75, 3.05) is 13.2 Å². The number of hydrogen-bond acceptors (Lipinski definition) is 11. The first-order valence-corrected chi connectivity index (χ1v) is 29.0. The molecule has 0 radical (unpaired) electrons. The van der Waals surface area contributed by atoms with E-state index in [2.05, 4.69) is 35.5 Å². The fraction of sp³-hybridized carbons (Fsp3) is 0.943. The van der Waals surface area contributed by atoms with Crippen LogP contribution in [0, 0.1) is 0 Å². The summed E-state index contributed by atoms with van der Waals surface area (Å²) < 4.78 is 47.8. The van der Waals surface area contributed by atoms with Crippen LogP contribution in [-0.4, -0.2) is 107 Å². The summed E-state index contributed by atoms with van der Waals surface area (Å²) in [7, 11) is -5.11. The predicted molar refractivity (Wildman–Crippen MR) is 270 cm³/mol. The van der Waals surface area contributed by atoms with Crippen LogP contribution in [0.4, 0.5) is 0 Å². The summed E-state index contributed by atoms with van der Waals surface area (Å²) in [5.41, 5.74) is 0. The Balaban J connectivity index is 2.45. The average Bonchev–Trinajstić information content (AvgIpc) is 3.30. The highest BCUT2D eigenvalue weighted by molar-refractivity contribution is 7.80.